The summed E-state index contributed by atoms with van der Waals surface area (Å²) in [4.78, 5) is 81.2. The number of primary amides is 1. The van der Waals surface area contributed by atoms with Crippen molar-refractivity contribution in [3.05, 3.63) is 35.4 Å². The number of hydrogen-bond acceptors (Lipinski definition) is 7. The lowest BCUT2D eigenvalue weighted by molar-refractivity contribution is -0.152. The van der Waals surface area contributed by atoms with Crippen LogP contribution in [0, 0.1) is 34.5 Å². The fourth-order valence-corrected chi connectivity index (χ4v) is 8.00. The molecule has 4 aliphatic rings. The van der Waals surface area contributed by atoms with E-state index in [4.69, 9.17) is 10.5 Å². The second kappa shape index (κ2) is 13.7. The Morgan fingerprint density at radius 1 is 0.980 bits per heavy atom. The van der Waals surface area contributed by atoms with Gasteiger partial charge < -0.3 is 31.3 Å². The zero-order chi connectivity index (χ0) is 36.0. The van der Waals surface area contributed by atoms with Crippen molar-refractivity contribution in [3.63, 3.8) is 0 Å². The highest BCUT2D eigenvalue weighted by molar-refractivity contribution is 6.37. The van der Waals surface area contributed by atoms with E-state index < -0.39 is 65.1 Å². The molecule has 5 amide bonds. The Balaban J connectivity index is 1.28. The first-order valence-electron chi connectivity index (χ1n) is 17.7. The second-order valence-electron chi connectivity index (χ2n) is 16.6. The molecule has 268 valence electrons. The number of hydrogen-bond donors (Lipinski definition) is 4. The fraction of sp³-hybridized carbons (Fsp3) is 0.676. The van der Waals surface area contributed by atoms with Crippen LogP contribution in [0.4, 0.5) is 4.79 Å². The van der Waals surface area contributed by atoms with Gasteiger partial charge in [-0.25, -0.2) is 9.59 Å². The third-order valence-corrected chi connectivity index (χ3v) is 11.3. The highest BCUT2D eigenvalue weighted by Gasteiger charge is 2.70. The van der Waals surface area contributed by atoms with E-state index in [9.17, 15) is 28.8 Å². The number of carbonyl (C=O) groups excluding carboxylic acids is 6. The van der Waals surface area contributed by atoms with E-state index in [0.717, 1.165) is 30.4 Å². The number of fused-ring (bicyclic) bond motifs is 2. The predicted molar refractivity (Wildman–Crippen MR) is 182 cm³/mol. The molecule has 5 N–H and O–H groups in total. The van der Waals surface area contributed by atoms with Gasteiger partial charge in [-0.1, -0.05) is 92.0 Å². The Morgan fingerprint density at radius 2 is 1.59 bits per heavy atom. The summed E-state index contributed by atoms with van der Waals surface area (Å²) in [6.45, 7) is 13.5. The van der Waals surface area contributed by atoms with Crippen LogP contribution < -0.4 is 21.7 Å². The van der Waals surface area contributed by atoms with Gasteiger partial charge in [0.25, 0.3) is 5.91 Å². The number of benzene rings is 1. The monoisotopic (exact) mass is 679 g/mol. The Kier molecular flexibility index (Phi) is 10.2. The quantitative estimate of drug-likeness (QED) is 0.194. The zero-order valence-corrected chi connectivity index (χ0v) is 29.8. The van der Waals surface area contributed by atoms with E-state index in [-0.39, 0.29) is 35.2 Å². The minimum atomic E-state index is -1.10. The van der Waals surface area contributed by atoms with Crippen LogP contribution in [-0.4, -0.2) is 77.2 Å². The molecule has 0 bridgehead atoms. The minimum absolute atomic E-state index is 0.0559. The molecule has 0 spiro atoms. The molecule has 3 fully saturated rings. The lowest BCUT2D eigenvalue weighted by Crippen LogP contribution is -2.62. The maximum absolute atomic E-state index is 14.3. The number of rotatable bonds is 12. The maximum atomic E-state index is 14.3. The molecule has 3 aliphatic carbocycles. The van der Waals surface area contributed by atoms with E-state index >= 15 is 0 Å². The molecular formula is C37H53N5O7. The summed E-state index contributed by atoms with van der Waals surface area (Å²) in [5.41, 5.74) is 6.65. The molecule has 0 radical (unpaired) electrons. The third-order valence-electron chi connectivity index (χ3n) is 11.3. The van der Waals surface area contributed by atoms with Gasteiger partial charge >= 0.3 is 12.0 Å². The van der Waals surface area contributed by atoms with Crippen LogP contribution in [0.2, 0.25) is 0 Å². The van der Waals surface area contributed by atoms with Crippen LogP contribution in [0.25, 0.3) is 0 Å². The number of urea groups is 1. The van der Waals surface area contributed by atoms with Crippen molar-refractivity contribution >= 4 is 35.5 Å². The van der Waals surface area contributed by atoms with Crippen molar-refractivity contribution in [3.8, 4) is 0 Å². The number of nitrogens with one attached hydrogen (secondary N) is 3. The molecule has 1 heterocycles. The Bertz CT molecular complexity index is 1470. The molecule has 6 atom stereocenters. The van der Waals surface area contributed by atoms with Gasteiger partial charge in [-0.05, 0) is 52.0 Å². The van der Waals surface area contributed by atoms with Crippen molar-refractivity contribution in [1.29, 1.82) is 0 Å². The average molecular weight is 680 g/mol. The SMILES string of the molecule is CC(C)[C@H](NC(=O)N[C@H](C(=O)N1C[C@H]2[C@@H]([C@H]1C(=O)NC(CC1CCC1)C(=O)C(N)=O)C2(C)C)C(C)(C)C)C(=O)OC1Cc2ccccc2C1. The van der Waals surface area contributed by atoms with Crippen LogP contribution in [0.3, 0.4) is 0 Å². The fourth-order valence-electron chi connectivity index (χ4n) is 8.00. The summed E-state index contributed by atoms with van der Waals surface area (Å²) in [5.74, 6) is -3.59. The number of likely N-dealkylation sites (tertiary alicyclic amines) is 1. The molecule has 0 aromatic heterocycles. The number of amides is 5. The number of piperidine rings is 1. The number of carbonyl (C=O) groups is 6. The second-order valence-corrected chi connectivity index (χ2v) is 16.6. The molecule has 1 aliphatic heterocycles. The average Bonchev–Trinajstić information content (AvgIpc) is 3.34. The van der Waals surface area contributed by atoms with E-state index in [1.54, 1.807) is 0 Å². The molecule has 2 saturated carbocycles. The summed E-state index contributed by atoms with van der Waals surface area (Å²) in [6.07, 6.45) is 4.08. The molecule has 1 aromatic rings. The molecule has 1 aromatic carbocycles. The Labute approximate surface area is 289 Å². The maximum Gasteiger partial charge on any atom is 0.329 e. The van der Waals surface area contributed by atoms with Crippen LogP contribution in [0.1, 0.15) is 85.3 Å². The largest absolute Gasteiger partial charge is 0.460 e. The van der Waals surface area contributed by atoms with Crippen LogP contribution in [-0.2, 0) is 41.6 Å². The van der Waals surface area contributed by atoms with E-state index in [1.807, 2.05) is 72.7 Å². The van der Waals surface area contributed by atoms with Crippen molar-refractivity contribution in [2.45, 2.75) is 117 Å². The van der Waals surface area contributed by atoms with Crippen molar-refractivity contribution < 1.29 is 33.5 Å². The first-order chi connectivity index (χ1) is 22.9. The summed E-state index contributed by atoms with van der Waals surface area (Å²) in [5, 5.41) is 8.35. The van der Waals surface area contributed by atoms with Gasteiger partial charge in [0.15, 0.2) is 0 Å². The molecule has 49 heavy (non-hydrogen) atoms. The van der Waals surface area contributed by atoms with E-state index in [0.29, 0.717) is 25.8 Å². The van der Waals surface area contributed by atoms with Gasteiger partial charge in [0, 0.05) is 19.4 Å². The summed E-state index contributed by atoms with van der Waals surface area (Å²) < 4.78 is 5.84. The number of nitrogens with two attached hydrogens (primary N) is 1. The van der Waals surface area contributed by atoms with Gasteiger partial charge in [-0.15, -0.1) is 0 Å². The van der Waals surface area contributed by atoms with Gasteiger partial charge in [0.05, 0.1) is 6.04 Å². The lowest BCUT2D eigenvalue weighted by Gasteiger charge is -2.38. The van der Waals surface area contributed by atoms with Crippen molar-refractivity contribution in [1.82, 2.24) is 20.9 Å². The molecule has 12 nitrogen and oxygen atoms in total. The normalized spacial score (nSPS) is 24.5. The number of esters is 1. The predicted octanol–water partition coefficient (Wildman–Crippen LogP) is 2.65. The lowest BCUT2D eigenvalue weighted by atomic mass is 9.80. The third kappa shape index (κ3) is 7.62. The molecule has 12 heteroatoms. The van der Waals surface area contributed by atoms with Crippen LogP contribution in [0.5, 0.6) is 0 Å². The van der Waals surface area contributed by atoms with Crippen molar-refractivity contribution in [2.75, 3.05) is 6.54 Å². The molecular weight excluding hydrogens is 626 g/mol. The topological polar surface area (TPSA) is 177 Å². The van der Waals surface area contributed by atoms with E-state index in [2.05, 4.69) is 16.0 Å². The minimum Gasteiger partial charge on any atom is -0.460 e. The van der Waals surface area contributed by atoms with Gasteiger partial charge in [-0.2, -0.15) is 0 Å². The highest BCUT2D eigenvalue weighted by atomic mass is 16.5. The number of Topliss-reactive ketones (excluding diaryl/α,β-unsaturated/α-hetero) is 1. The molecule has 1 unspecified atom stereocenters. The smallest absolute Gasteiger partial charge is 0.329 e. The Morgan fingerprint density at radius 3 is 2.10 bits per heavy atom. The number of ketones is 1. The summed E-state index contributed by atoms with van der Waals surface area (Å²) in [6, 6.07) is 3.31. The van der Waals surface area contributed by atoms with Gasteiger partial charge in [0.2, 0.25) is 17.6 Å². The van der Waals surface area contributed by atoms with Gasteiger partial charge in [0.1, 0.15) is 24.2 Å². The van der Waals surface area contributed by atoms with Crippen LogP contribution in [0.15, 0.2) is 24.3 Å². The summed E-state index contributed by atoms with van der Waals surface area (Å²) >= 11 is 0. The van der Waals surface area contributed by atoms with Crippen LogP contribution >= 0.6 is 0 Å². The first kappa shape index (κ1) is 36.3. The van der Waals surface area contributed by atoms with Gasteiger partial charge in [-0.3, -0.25) is 19.2 Å². The number of ether oxygens (including phenoxy) is 1. The number of nitrogens with zero attached hydrogens (tertiary/aromatic N) is 1. The standard InChI is InChI=1S/C37H53N5O7/c1-19(2)27(34(47)49-23-16-21-13-8-9-14-22(21)17-23)40-35(48)41-30(36(3,4)5)33(46)42-18-24-26(37(24,6)7)28(42)32(45)39-25(29(43)31(38)44)15-20-11-10-12-20/h8-9,13-14,19-20,23-28,30H,10-12,15-18H2,1-7H3,(H2,38,44)(H,39,45)(H2,40,41,48)/t24-,25?,26-,27-,28-,30+/m0/s1. The first-order valence-corrected chi connectivity index (χ1v) is 17.7. The Hall–Kier alpha value is -3.96. The van der Waals surface area contributed by atoms with E-state index in [1.165, 1.54) is 4.90 Å². The summed E-state index contributed by atoms with van der Waals surface area (Å²) in [7, 11) is 0. The molecule has 5 rings (SSSR count). The molecule has 1 saturated heterocycles. The highest BCUT2D eigenvalue weighted by Crippen LogP contribution is 2.65. The zero-order valence-electron chi connectivity index (χ0n) is 29.8. The van der Waals surface area contributed by atoms with Crippen molar-refractivity contribution in [2.24, 2.45) is 40.2 Å².